The van der Waals surface area contributed by atoms with Crippen LogP contribution < -0.4 is 5.32 Å². The number of nitrogens with one attached hydrogen (secondary N) is 1. The molecule has 0 saturated carbocycles. The Hall–Kier alpha value is -3.25. The van der Waals surface area contributed by atoms with Crippen LogP contribution in [-0.4, -0.2) is 34.8 Å². The highest BCUT2D eigenvalue weighted by molar-refractivity contribution is 7.13. The van der Waals surface area contributed by atoms with E-state index in [1.165, 1.54) is 0 Å². The second-order valence-corrected chi connectivity index (χ2v) is 8.14. The summed E-state index contributed by atoms with van der Waals surface area (Å²) in [6.45, 7) is 1.19. The molecule has 152 valence electrons. The van der Waals surface area contributed by atoms with Crippen LogP contribution in [0.1, 0.15) is 18.4 Å². The normalized spacial score (nSPS) is 14.7. The number of benzene rings is 2. The molecule has 0 aliphatic carbocycles. The quantitative estimate of drug-likeness (QED) is 0.612. The van der Waals surface area contributed by atoms with Gasteiger partial charge in [0.2, 0.25) is 11.8 Å². The lowest BCUT2D eigenvalue weighted by atomic mass is 9.95. The number of amides is 2. The van der Waals surface area contributed by atoms with E-state index in [4.69, 9.17) is 0 Å². The van der Waals surface area contributed by atoms with Crippen molar-refractivity contribution in [3.8, 4) is 10.6 Å². The molecule has 5 nitrogen and oxygen atoms in total. The first-order valence-corrected chi connectivity index (χ1v) is 10.9. The number of anilines is 1. The van der Waals surface area contributed by atoms with Crippen LogP contribution in [0.25, 0.3) is 16.6 Å². The first-order valence-electron chi connectivity index (χ1n) is 10.0. The molecular formula is C24H23N3O2S. The molecule has 0 radical (unpaired) electrons. The maximum absolute atomic E-state index is 12.6. The fourth-order valence-corrected chi connectivity index (χ4v) is 4.15. The Kier molecular flexibility index (Phi) is 6.35. The molecule has 1 fully saturated rings. The zero-order valence-corrected chi connectivity index (χ0v) is 17.3. The molecule has 0 spiro atoms. The number of hydrogen-bond acceptors (Lipinski definition) is 4. The van der Waals surface area contributed by atoms with Crippen LogP contribution in [0.5, 0.6) is 0 Å². The summed E-state index contributed by atoms with van der Waals surface area (Å²) in [7, 11) is 0. The van der Waals surface area contributed by atoms with Crippen molar-refractivity contribution in [2.24, 2.45) is 5.92 Å². The standard InChI is InChI=1S/C24H23N3O2S/c28-22(11-6-18-4-2-1-3-5-18)27-15-12-19(13-16-27)23(29)26-21-9-7-20(8-10-21)24-25-14-17-30-24/h1-11,14,17,19H,12-13,15-16H2,(H,26,29)/b11-6+. The summed E-state index contributed by atoms with van der Waals surface area (Å²) >= 11 is 1.59. The first kappa shape index (κ1) is 20.0. The van der Waals surface area contributed by atoms with Crippen molar-refractivity contribution in [3.05, 3.63) is 77.8 Å². The van der Waals surface area contributed by atoms with Gasteiger partial charge in [0.15, 0.2) is 0 Å². The van der Waals surface area contributed by atoms with E-state index in [1.807, 2.05) is 71.0 Å². The van der Waals surface area contributed by atoms with Crippen LogP contribution >= 0.6 is 11.3 Å². The van der Waals surface area contributed by atoms with Gasteiger partial charge in [0.25, 0.3) is 0 Å². The molecule has 2 aromatic carbocycles. The number of carbonyl (C=O) groups excluding carboxylic acids is 2. The molecule has 1 aliphatic heterocycles. The molecule has 1 saturated heterocycles. The van der Waals surface area contributed by atoms with Crippen LogP contribution in [0.3, 0.4) is 0 Å². The lowest BCUT2D eigenvalue weighted by Gasteiger charge is -2.30. The maximum Gasteiger partial charge on any atom is 0.246 e. The van der Waals surface area contributed by atoms with E-state index in [0.29, 0.717) is 25.9 Å². The fraction of sp³-hybridized carbons (Fsp3) is 0.208. The van der Waals surface area contributed by atoms with Gasteiger partial charge in [-0.3, -0.25) is 9.59 Å². The van der Waals surface area contributed by atoms with Crippen molar-refractivity contribution in [1.29, 1.82) is 0 Å². The Balaban J connectivity index is 1.27. The largest absolute Gasteiger partial charge is 0.339 e. The lowest BCUT2D eigenvalue weighted by Crippen LogP contribution is -2.40. The molecule has 4 rings (SSSR count). The fourth-order valence-electron chi connectivity index (χ4n) is 3.51. The Bertz CT molecular complexity index is 1010. The molecule has 2 heterocycles. The van der Waals surface area contributed by atoms with Gasteiger partial charge in [0, 0.05) is 47.9 Å². The van der Waals surface area contributed by atoms with E-state index in [9.17, 15) is 9.59 Å². The Labute approximate surface area is 180 Å². The van der Waals surface area contributed by atoms with E-state index in [0.717, 1.165) is 21.8 Å². The van der Waals surface area contributed by atoms with Gasteiger partial charge >= 0.3 is 0 Å². The van der Waals surface area contributed by atoms with Crippen molar-refractivity contribution < 1.29 is 9.59 Å². The van der Waals surface area contributed by atoms with Gasteiger partial charge in [-0.15, -0.1) is 11.3 Å². The maximum atomic E-state index is 12.6. The number of hydrogen-bond donors (Lipinski definition) is 1. The summed E-state index contributed by atoms with van der Waals surface area (Å²) in [6, 6.07) is 17.5. The second-order valence-electron chi connectivity index (χ2n) is 7.25. The molecule has 6 heteroatoms. The van der Waals surface area contributed by atoms with E-state index < -0.39 is 0 Å². The number of rotatable bonds is 5. The molecule has 1 aromatic heterocycles. The Morgan fingerprint density at radius 1 is 1.03 bits per heavy atom. The van der Waals surface area contributed by atoms with E-state index >= 15 is 0 Å². The van der Waals surface area contributed by atoms with Crippen molar-refractivity contribution in [2.75, 3.05) is 18.4 Å². The molecule has 1 N–H and O–H groups in total. The number of carbonyl (C=O) groups is 2. The minimum Gasteiger partial charge on any atom is -0.339 e. The predicted molar refractivity (Wildman–Crippen MR) is 121 cm³/mol. The molecule has 0 unspecified atom stereocenters. The van der Waals surface area contributed by atoms with Gasteiger partial charge in [-0.05, 0) is 48.7 Å². The predicted octanol–water partition coefficient (Wildman–Crippen LogP) is 4.70. The van der Waals surface area contributed by atoms with Gasteiger partial charge in [0.1, 0.15) is 5.01 Å². The van der Waals surface area contributed by atoms with Crippen molar-refractivity contribution in [1.82, 2.24) is 9.88 Å². The second kappa shape index (κ2) is 9.50. The molecule has 3 aromatic rings. The number of aromatic nitrogens is 1. The topological polar surface area (TPSA) is 62.3 Å². The van der Waals surface area contributed by atoms with Gasteiger partial charge in [-0.1, -0.05) is 30.3 Å². The molecule has 0 bridgehead atoms. The number of piperidine rings is 1. The highest BCUT2D eigenvalue weighted by Gasteiger charge is 2.26. The number of nitrogens with zero attached hydrogens (tertiary/aromatic N) is 2. The Morgan fingerprint density at radius 2 is 1.77 bits per heavy atom. The lowest BCUT2D eigenvalue weighted by molar-refractivity contribution is -0.130. The third-order valence-corrected chi connectivity index (χ3v) is 6.05. The summed E-state index contributed by atoms with van der Waals surface area (Å²) < 4.78 is 0. The molecule has 0 atom stereocenters. The third kappa shape index (κ3) is 5.02. The molecule has 1 aliphatic rings. The summed E-state index contributed by atoms with van der Waals surface area (Å²) in [5.41, 5.74) is 2.82. The third-order valence-electron chi connectivity index (χ3n) is 5.23. The molecule has 30 heavy (non-hydrogen) atoms. The minimum absolute atomic E-state index is 0.00418. The summed E-state index contributed by atoms with van der Waals surface area (Å²) in [6.07, 6.45) is 6.57. The SMILES string of the molecule is O=C(Nc1ccc(-c2nccs2)cc1)C1CCN(C(=O)/C=C/c2ccccc2)CC1. The highest BCUT2D eigenvalue weighted by atomic mass is 32.1. The number of likely N-dealkylation sites (tertiary alicyclic amines) is 1. The van der Waals surface area contributed by atoms with E-state index in [1.54, 1.807) is 23.6 Å². The van der Waals surface area contributed by atoms with Gasteiger partial charge in [0.05, 0.1) is 0 Å². The smallest absolute Gasteiger partial charge is 0.246 e. The van der Waals surface area contributed by atoms with Crippen LogP contribution in [0.4, 0.5) is 5.69 Å². The summed E-state index contributed by atoms with van der Waals surface area (Å²) in [4.78, 5) is 31.1. The summed E-state index contributed by atoms with van der Waals surface area (Å²) in [5.74, 6) is -0.0646. The average Bonchev–Trinajstić information content (AvgIpc) is 3.34. The van der Waals surface area contributed by atoms with Crippen molar-refractivity contribution in [3.63, 3.8) is 0 Å². The molecular weight excluding hydrogens is 394 g/mol. The molecule has 2 amide bonds. The van der Waals surface area contributed by atoms with E-state index in [-0.39, 0.29) is 17.7 Å². The van der Waals surface area contributed by atoms with Crippen molar-refractivity contribution in [2.45, 2.75) is 12.8 Å². The highest BCUT2D eigenvalue weighted by Crippen LogP contribution is 2.24. The zero-order chi connectivity index (χ0) is 20.8. The monoisotopic (exact) mass is 417 g/mol. The van der Waals surface area contributed by atoms with Gasteiger partial charge in [-0.25, -0.2) is 4.98 Å². The van der Waals surface area contributed by atoms with Gasteiger partial charge in [-0.2, -0.15) is 0 Å². The van der Waals surface area contributed by atoms with Crippen LogP contribution in [0.15, 0.2) is 72.3 Å². The van der Waals surface area contributed by atoms with E-state index in [2.05, 4.69) is 10.3 Å². The van der Waals surface area contributed by atoms with Crippen molar-refractivity contribution >= 4 is 34.9 Å². The minimum atomic E-state index is -0.0780. The Morgan fingerprint density at radius 3 is 2.43 bits per heavy atom. The zero-order valence-electron chi connectivity index (χ0n) is 16.5. The van der Waals surface area contributed by atoms with Crippen LogP contribution in [-0.2, 0) is 9.59 Å². The van der Waals surface area contributed by atoms with Crippen LogP contribution in [0.2, 0.25) is 0 Å². The average molecular weight is 418 g/mol. The first-order chi connectivity index (χ1) is 14.7. The summed E-state index contributed by atoms with van der Waals surface area (Å²) in [5, 5.41) is 5.91. The number of thiazole rings is 1. The van der Waals surface area contributed by atoms with Gasteiger partial charge < -0.3 is 10.2 Å². The van der Waals surface area contributed by atoms with Crippen LogP contribution in [0, 0.1) is 5.92 Å².